The van der Waals surface area contributed by atoms with E-state index in [0.29, 0.717) is 10.7 Å². The lowest BCUT2D eigenvalue weighted by Gasteiger charge is -2.09. The fourth-order valence-electron chi connectivity index (χ4n) is 2.08. The Morgan fingerprint density at radius 2 is 1.80 bits per heavy atom. The second-order valence-electron chi connectivity index (χ2n) is 5.03. The molecule has 0 bridgehead atoms. The van der Waals surface area contributed by atoms with E-state index in [0.717, 1.165) is 0 Å². The Morgan fingerprint density at radius 3 is 2.52 bits per heavy atom. The molecule has 2 aromatic carbocycles. The van der Waals surface area contributed by atoms with E-state index in [-0.39, 0.29) is 16.4 Å². The van der Waals surface area contributed by atoms with Crippen LogP contribution in [-0.4, -0.2) is 15.7 Å². The van der Waals surface area contributed by atoms with E-state index >= 15 is 0 Å². The molecular formula is C17H10Cl2FN3O2. The molecule has 5 nitrogen and oxygen atoms in total. The van der Waals surface area contributed by atoms with E-state index in [1.165, 1.54) is 53.3 Å². The Kier molecular flexibility index (Phi) is 4.83. The van der Waals surface area contributed by atoms with Gasteiger partial charge in [0.05, 0.1) is 16.4 Å². The quantitative estimate of drug-likeness (QED) is 0.751. The molecule has 1 heterocycles. The monoisotopic (exact) mass is 377 g/mol. The number of hydrogen-bond acceptors (Lipinski definition) is 3. The molecule has 0 aliphatic heterocycles. The van der Waals surface area contributed by atoms with Crippen molar-refractivity contribution >= 4 is 34.8 Å². The zero-order valence-corrected chi connectivity index (χ0v) is 14.1. The molecular weight excluding hydrogens is 368 g/mol. The van der Waals surface area contributed by atoms with E-state index in [9.17, 15) is 14.0 Å². The Morgan fingerprint density at radius 1 is 1.08 bits per heavy atom. The number of carbonyl (C=O) groups excluding carboxylic acids is 1. The predicted octanol–water partition coefficient (Wildman–Crippen LogP) is 3.93. The predicted molar refractivity (Wildman–Crippen MR) is 94.2 cm³/mol. The van der Waals surface area contributed by atoms with Gasteiger partial charge in [0.1, 0.15) is 5.82 Å². The minimum absolute atomic E-state index is 0.262. The maximum Gasteiger partial charge on any atom is 0.280 e. The van der Waals surface area contributed by atoms with Crippen LogP contribution in [0.5, 0.6) is 0 Å². The highest BCUT2D eigenvalue weighted by molar-refractivity contribution is 6.35. The van der Waals surface area contributed by atoms with Crippen molar-refractivity contribution in [3.8, 4) is 5.69 Å². The van der Waals surface area contributed by atoms with Gasteiger partial charge in [-0.2, -0.15) is 5.10 Å². The smallest absolute Gasteiger partial charge is 0.280 e. The number of nitrogens with one attached hydrogen (secondary N) is 1. The van der Waals surface area contributed by atoms with Crippen LogP contribution in [0, 0.1) is 5.82 Å². The molecule has 3 aromatic rings. The summed E-state index contributed by atoms with van der Waals surface area (Å²) in [6.07, 6.45) is 1.39. The van der Waals surface area contributed by atoms with E-state index in [2.05, 4.69) is 10.4 Å². The number of carbonyl (C=O) groups is 1. The van der Waals surface area contributed by atoms with E-state index < -0.39 is 17.2 Å². The molecule has 0 atom stereocenters. The number of halogens is 3. The first-order valence-corrected chi connectivity index (χ1v) is 7.82. The summed E-state index contributed by atoms with van der Waals surface area (Å²) in [5.41, 5.74) is -0.134. The Bertz CT molecular complexity index is 1000. The molecule has 1 N–H and O–H groups in total. The molecule has 0 aliphatic rings. The second-order valence-corrected chi connectivity index (χ2v) is 5.87. The average molecular weight is 378 g/mol. The van der Waals surface area contributed by atoms with Crippen LogP contribution >= 0.6 is 23.2 Å². The van der Waals surface area contributed by atoms with Crippen LogP contribution in [0.4, 0.5) is 10.1 Å². The number of benzene rings is 2. The molecule has 3 rings (SSSR count). The summed E-state index contributed by atoms with van der Waals surface area (Å²) in [5.74, 6) is -1.14. The van der Waals surface area contributed by atoms with Gasteiger partial charge >= 0.3 is 0 Å². The summed E-state index contributed by atoms with van der Waals surface area (Å²) in [6.45, 7) is 0. The summed E-state index contributed by atoms with van der Waals surface area (Å²) >= 11 is 11.9. The van der Waals surface area contributed by atoms with Crippen molar-refractivity contribution in [2.75, 3.05) is 5.32 Å². The van der Waals surface area contributed by atoms with Gasteiger partial charge in [0.25, 0.3) is 5.91 Å². The fraction of sp³-hybridized carbons (Fsp3) is 0. The normalized spacial score (nSPS) is 10.5. The molecule has 0 fully saturated rings. The third-order valence-corrected chi connectivity index (χ3v) is 3.86. The minimum atomic E-state index is -0.731. The van der Waals surface area contributed by atoms with Crippen LogP contribution in [0.25, 0.3) is 5.69 Å². The maximum atomic E-state index is 13.0. The van der Waals surface area contributed by atoms with E-state index in [1.807, 2.05) is 0 Å². The van der Waals surface area contributed by atoms with Crippen LogP contribution in [0.1, 0.15) is 10.5 Å². The summed E-state index contributed by atoms with van der Waals surface area (Å²) in [5, 5.41) is 7.17. The Hall–Kier alpha value is -2.70. The number of anilines is 1. The van der Waals surface area contributed by atoms with Crippen molar-refractivity contribution in [3.63, 3.8) is 0 Å². The number of hydrogen-bond donors (Lipinski definition) is 1. The number of amides is 1. The lowest BCUT2D eigenvalue weighted by molar-refractivity contribution is 0.101. The topological polar surface area (TPSA) is 64.0 Å². The van der Waals surface area contributed by atoms with Crippen molar-refractivity contribution in [2.45, 2.75) is 0 Å². The standard InChI is InChI=1S/C17H10Cl2FN3O2/c18-10-1-6-13(19)14(9-10)21-17(25)16-15(24)7-8-23(22-16)12-4-2-11(20)3-5-12/h1-9H,(H,21,25). The fourth-order valence-corrected chi connectivity index (χ4v) is 2.41. The van der Waals surface area contributed by atoms with E-state index in [1.54, 1.807) is 6.07 Å². The highest BCUT2D eigenvalue weighted by Gasteiger charge is 2.15. The molecule has 126 valence electrons. The first kappa shape index (κ1) is 17.1. The van der Waals surface area contributed by atoms with Gasteiger partial charge in [0, 0.05) is 17.3 Å². The van der Waals surface area contributed by atoms with Crippen LogP contribution in [-0.2, 0) is 0 Å². The average Bonchev–Trinajstić information content (AvgIpc) is 2.59. The summed E-state index contributed by atoms with van der Waals surface area (Å²) in [6, 6.07) is 11.2. The van der Waals surface area contributed by atoms with Crippen LogP contribution in [0.15, 0.2) is 59.5 Å². The van der Waals surface area contributed by atoms with Crippen molar-refractivity contribution in [1.82, 2.24) is 9.78 Å². The second kappa shape index (κ2) is 7.04. The lowest BCUT2D eigenvalue weighted by Crippen LogP contribution is -2.25. The Labute approximate surface area is 151 Å². The molecule has 0 saturated carbocycles. The first-order valence-electron chi connectivity index (χ1n) is 7.06. The van der Waals surface area contributed by atoms with Crippen molar-refractivity contribution in [2.24, 2.45) is 0 Å². The molecule has 25 heavy (non-hydrogen) atoms. The third kappa shape index (κ3) is 3.87. The summed E-state index contributed by atoms with van der Waals surface area (Å²) in [7, 11) is 0. The number of aromatic nitrogens is 2. The molecule has 1 aromatic heterocycles. The SMILES string of the molecule is O=C(Nc1cc(Cl)ccc1Cl)c1nn(-c2ccc(F)cc2)ccc1=O. The van der Waals surface area contributed by atoms with Gasteiger partial charge < -0.3 is 5.32 Å². The molecule has 1 amide bonds. The highest BCUT2D eigenvalue weighted by Crippen LogP contribution is 2.25. The maximum absolute atomic E-state index is 13.0. The van der Waals surface area contributed by atoms with Crippen LogP contribution in [0.3, 0.4) is 0 Å². The molecule has 0 unspecified atom stereocenters. The zero-order valence-electron chi connectivity index (χ0n) is 12.5. The van der Waals surface area contributed by atoms with Crippen LogP contribution < -0.4 is 10.7 Å². The molecule has 0 aliphatic carbocycles. The Balaban J connectivity index is 1.95. The largest absolute Gasteiger partial charge is 0.319 e. The summed E-state index contributed by atoms with van der Waals surface area (Å²) < 4.78 is 14.3. The van der Waals surface area contributed by atoms with Crippen molar-refractivity contribution in [3.05, 3.63) is 86.5 Å². The van der Waals surface area contributed by atoms with Gasteiger partial charge in [-0.3, -0.25) is 9.59 Å². The van der Waals surface area contributed by atoms with Gasteiger partial charge in [-0.1, -0.05) is 23.2 Å². The lowest BCUT2D eigenvalue weighted by atomic mass is 10.3. The summed E-state index contributed by atoms with van der Waals surface area (Å²) in [4.78, 5) is 24.4. The molecule has 0 spiro atoms. The van der Waals surface area contributed by atoms with Gasteiger partial charge in [0.15, 0.2) is 5.69 Å². The van der Waals surface area contributed by atoms with Gasteiger partial charge in [0.2, 0.25) is 5.43 Å². The highest BCUT2D eigenvalue weighted by atomic mass is 35.5. The minimum Gasteiger partial charge on any atom is -0.319 e. The van der Waals surface area contributed by atoms with Gasteiger partial charge in [-0.25, -0.2) is 9.07 Å². The van der Waals surface area contributed by atoms with Crippen molar-refractivity contribution in [1.29, 1.82) is 0 Å². The van der Waals surface area contributed by atoms with Crippen molar-refractivity contribution < 1.29 is 9.18 Å². The molecule has 8 heteroatoms. The van der Waals surface area contributed by atoms with E-state index in [4.69, 9.17) is 23.2 Å². The molecule has 0 saturated heterocycles. The number of nitrogens with zero attached hydrogens (tertiary/aromatic N) is 2. The number of rotatable bonds is 3. The third-order valence-electron chi connectivity index (χ3n) is 3.29. The molecule has 0 radical (unpaired) electrons. The first-order chi connectivity index (χ1) is 11.9. The van der Waals surface area contributed by atoms with Gasteiger partial charge in [-0.05, 0) is 42.5 Å². The van der Waals surface area contributed by atoms with Gasteiger partial charge in [-0.15, -0.1) is 0 Å². The zero-order chi connectivity index (χ0) is 18.0. The van der Waals surface area contributed by atoms with Crippen LogP contribution in [0.2, 0.25) is 10.0 Å².